The van der Waals surface area contributed by atoms with Gasteiger partial charge in [0.1, 0.15) is 17.1 Å². The van der Waals surface area contributed by atoms with E-state index in [0.29, 0.717) is 6.07 Å². The third kappa shape index (κ3) is 4.81. The number of carboxylic acids is 1. The molecule has 0 aliphatic heterocycles. The molecule has 1 aromatic carbocycles. The molecule has 0 fully saturated rings. The van der Waals surface area contributed by atoms with E-state index in [1.165, 1.54) is 0 Å². The van der Waals surface area contributed by atoms with Crippen LogP contribution < -0.4 is 4.74 Å². The lowest BCUT2D eigenvalue weighted by Gasteiger charge is -2.08. The van der Waals surface area contributed by atoms with Crippen LogP contribution in [-0.2, 0) is 4.79 Å². The van der Waals surface area contributed by atoms with Crippen molar-refractivity contribution in [1.29, 1.82) is 0 Å². The van der Waals surface area contributed by atoms with Crippen LogP contribution in [-0.4, -0.2) is 28.9 Å². The molecule has 20 heavy (non-hydrogen) atoms. The summed E-state index contributed by atoms with van der Waals surface area (Å²) in [6.45, 7) is -0.0895. The quantitative estimate of drug-likeness (QED) is 0.358. The van der Waals surface area contributed by atoms with E-state index in [-0.39, 0.29) is 49.5 Å². The number of nitro benzene ring substituents is 1. The third-order valence-corrected chi connectivity index (χ3v) is 2.19. The molecule has 0 aliphatic carbocycles. The average Bonchev–Trinajstić information content (AvgIpc) is 2.33. The Morgan fingerprint density at radius 1 is 1.50 bits per heavy atom. The summed E-state index contributed by atoms with van der Waals surface area (Å²) in [4.78, 5) is 30.8. The van der Waals surface area contributed by atoms with Crippen LogP contribution in [0.4, 0.5) is 10.1 Å². The van der Waals surface area contributed by atoms with E-state index in [0.717, 1.165) is 6.07 Å². The summed E-state index contributed by atoms with van der Waals surface area (Å²) in [6, 6.07) is 1.46. The Morgan fingerprint density at radius 3 is 2.65 bits per heavy atom. The first-order chi connectivity index (χ1) is 8.95. The molecule has 0 amide bonds. The number of aliphatic carboxylic acids is 1. The van der Waals surface area contributed by atoms with Crippen LogP contribution in [0.15, 0.2) is 12.1 Å². The van der Waals surface area contributed by atoms with Crippen molar-refractivity contribution in [3.05, 3.63) is 33.6 Å². The summed E-state index contributed by atoms with van der Waals surface area (Å²) >= 11 is 0. The van der Waals surface area contributed by atoms with Gasteiger partial charge in [0.2, 0.25) is 0 Å². The molecule has 0 heterocycles. The van der Waals surface area contributed by atoms with Gasteiger partial charge in [0.25, 0.3) is 5.69 Å². The van der Waals surface area contributed by atoms with Gasteiger partial charge in [0, 0.05) is 12.5 Å². The molecule has 7 nitrogen and oxygen atoms in total. The number of hydrogen-bond donors (Lipinski definition) is 1. The fraction of sp³-hybridized carbons (Fsp3) is 0.273. The molecule has 0 saturated carbocycles. The van der Waals surface area contributed by atoms with E-state index in [2.05, 4.69) is 0 Å². The van der Waals surface area contributed by atoms with Gasteiger partial charge >= 0.3 is 5.97 Å². The number of nitrogens with zero attached hydrogens (tertiary/aromatic N) is 1. The molecule has 0 aromatic heterocycles. The normalized spacial score (nSPS) is 9.45. The second kappa shape index (κ2) is 8.05. The SMILES string of the molecule is Cl.O=Cc1c(OCCCC(=O)O)cc(F)cc1[N+](=O)[O-]. The minimum atomic E-state index is -1.02. The molecular weight excluding hydrogens is 297 g/mol. The molecule has 0 unspecified atom stereocenters. The predicted octanol–water partition coefficient (Wildman–Crippen LogP) is 2.21. The van der Waals surface area contributed by atoms with E-state index in [4.69, 9.17) is 9.84 Å². The van der Waals surface area contributed by atoms with Crippen LogP contribution >= 0.6 is 12.4 Å². The minimum Gasteiger partial charge on any atom is -0.492 e. The van der Waals surface area contributed by atoms with Crippen molar-refractivity contribution >= 4 is 30.3 Å². The van der Waals surface area contributed by atoms with Crippen LogP contribution in [0.3, 0.4) is 0 Å². The Kier molecular flexibility index (Phi) is 7.16. The first-order valence-electron chi connectivity index (χ1n) is 5.23. The number of carbonyl (C=O) groups is 2. The van der Waals surface area contributed by atoms with Gasteiger partial charge in [0.15, 0.2) is 6.29 Å². The lowest BCUT2D eigenvalue weighted by atomic mass is 10.1. The largest absolute Gasteiger partial charge is 0.492 e. The van der Waals surface area contributed by atoms with E-state index < -0.39 is 22.4 Å². The first kappa shape index (κ1) is 17.8. The number of hydrogen-bond acceptors (Lipinski definition) is 5. The molecule has 0 spiro atoms. The summed E-state index contributed by atoms with van der Waals surface area (Å²) in [5, 5.41) is 19.1. The van der Waals surface area contributed by atoms with Crippen LogP contribution in [0, 0.1) is 15.9 Å². The molecule has 0 saturated heterocycles. The van der Waals surface area contributed by atoms with Crippen molar-refractivity contribution in [3.8, 4) is 5.75 Å². The van der Waals surface area contributed by atoms with Crippen molar-refractivity contribution in [3.63, 3.8) is 0 Å². The number of rotatable bonds is 7. The minimum absolute atomic E-state index is 0. The summed E-state index contributed by atoms with van der Waals surface area (Å²) in [5.41, 5.74) is -1.06. The lowest BCUT2D eigenvalue weighted by Crippen LogP contribution is -2.05. The van der Waals surface area contributed by atoms with E-state index in [1.807, 2.05) is 0 Å². The monoisotopic (exact) mass is 307 g/mol. The lowest BCUT2D eigenvalue weighted by molar-refractivity contribution is -0.385. The zero-order valence-electron chi connectivity index (χ0n) is 10.1. The van der Waals surface area contributed by atoms with E-state index >= 15 is 0 Å². The summed E-state index contributed by atoms with van der Waals surface area (Å²) in [5.74, 6) is -2.21. The number of aldehydes is 1. The zero-order valence-corrected chi connectivity index (χ0v) is 10.9. The standard InChI is InChI=1S/C11H10FNO6.ClH/c12-7-4-9(13(17)18)8(6-14)10(5-7)19-3-1-2-11(15)16;/h4-6H,1-3H2,(H,15,16);1H. The highest BCUT2D eigenvalue weighted by molar-refractivity contribution is 5.86. The highest BCUT2D eigenvalue weighted by Crippen LogP contribution is 2.28. The van der Waals surface area contributed by atoms with Crippen molar-refractivity contribution in [2.75, 3.05) is 6.61 Å². The Labute approximate surface area is 118 Å². The number of carbonyl (C=O) groups excluding carboxylic acids is 1. The average molecular weight is 308 g/mol. The number of nitro groups is 1. The summed E-state index contributed by atoms with van der Waals surface area (Å²) in [7, 11) is 0. The Bertz CT molecular complexity index is 522. The second-order valence-electron chi connectivity index (χ2n) is 3.56. The number of halogens is 2. The molecule has 110 valence electrons. The van der Waals surface area contributed by atoms with Crippen molar-refractivity contribution < 1.29 is 28.7 Å². The van der Waals surface area contributed by atoms with Crippen molar-refractivity contribution in [2.45, 2.75) is 12.8 Å². The van der Waals surface area contributed by atoms with Crippen molar-refractivity contribution in [2.24, 2.45) is 0 Å². The number of carboxylic acid groups (broad SMARTS) is 1. The maximum absolute atomic E-state index is 13.1. The molecule has 0 bridgehead atoms. The predicted molar refractivity (Wildman–Crippen MR) is 68.1 cm³/mol. The Morgan fingerprint density at radius 2 is 2.15 bits per heavy atom. The molecule has 1 aromatic rings. The van der Waals surface area contributed by atoms with Crippen LogP contribution in [0.5, 0.6) is 5.75 Å². The summed E-state index contributed by atoms with van der Waals surface area (Å²) in [6.07, 6.45) is 0.176. The van der Waals surface area contributed by atoms with Gasteiger partial charge in [0.05, 0.1) is 17.6 Å². The van der Waals surface area contributed by atoms with Crippen molar-refractivity contribution in [1.82, 2.24) is 0 Å². The summed E-state index contributed by atoms with van der Waals surface area (Å²) < 4.78 is 18.2. The molecule has 0 aliphatic rings. The van der Waals surface area contributed by atoms with Gasteiger partial charge in [-0.3, -0.25) is 19.7 Å². The highest BCUT2D eigenvalue weighted by atomic mass is 35.5. The fourth-order valence-electron chi connectivity index (χ4n) is 1.37. The topological polar surface area (TPSA) is 107 Å². The first-order valence-corrected chi connectivity index (χ1v) is 5.23. The van der Waals surface area contributed by atoms with Crippen LogP contribution in [0.1, 0.15) is 23.2 Å². The highest BCUT2D eigenvalue weighted by Gasteiger charge is 2.20. The zero-order chi connectivity index (χ0) is 14.4. The molecular formula is C11H11ClFNO6. The molecule has 0 atom stereocenters. The molecule has 1 rings (SSSR count). The van der Waals surface area contributed by atoms with Gasteiger partial charge in [-0.15, -0.1) is 12.4 Å². The molecule has 0 radical (unpaired) electrons. The van der Waals surface area contributed by atoms with Gasteiger partial charge in [-0.25, -0.2) is 4.39 Å². The molecule has 1 N–H and O–H groups in total. The Hall–Kier alpha value is -2.22. The van der Waals surface area contributed by atoms with Gasteiger partial charge < -0.3 is 9.84 Å². The van der Waals surface area contributed by atoms with E-state index in [1.54, 1.807) is 0 Å². The third-order valence-electron chi connectivity index (χ3n) is 2.19. The van der Waals surface area contributed by atoms with Gasteiger partial charge in [-0.05, 0) is 6.42 Å². The van der Waals surface area contributed by atoms with Crippen LogP contribution in [0.25, 0.3) is 0 Å². The maximum atomic E-state index is 13.1. The van der Waals surface area contributed by atoms with E-state index in [9.17, 15) is 24.1 Å². The second-order valence-corrected chi connectivity index (χ2v) is 3.56. The fourth-order valence-corrected chi connectivity index (χ4v) is 1.37. The maximum Gasteiger partial charge on any atom is 0.303 e. The Balaban J connectivity index is 0.00000361. The number of ether oxygens (including phenoxy) is 1. The molecule has 9 heteroatoms. The van der Waals surface area contributed by atoms with Gasteiger partial charge in [-0.1, -0.05) is 0 Å². The number of benzene rings is 1. The van der Waals surface area contributed by atoms with Crippen LogP contribution in [0.2, 0.25) is 0 Å². The van der Waals surface area contributed by atoms with Gasteiger partial charge in [-0.2, -0.15) is 0 Å². The smallest absolute Gasteiger partial charge is 0.303 e.